The van der Waals surface area contributed by atoms with Crippen LogP contribution in [0.1, 0.15) is 61.5 Å². The molecule has 5 rings (SSSR count). The molecule has 0 aromatic heterocycles. The van der Waals surface area contributed by atoms with Gasteiger partial charge >= 0.3 is 6.09 Å². The quantitative estimate of drug-likeness (QED) is 0.0562. The van der Waals surface area contributed by atoms with Gasteiger partial charge in [-0.3, -0.25) is 14.9 Å². The minimum absolute atomic E-state index is 0.0436. The number of piperidine rings is 1. The lowest BCUT2D eigenvalue weighted by atomic mass is 9.98. The van der Waals surface area contributed by atoms with Gasteiger partial charge in [-0.15, -0.1) is 0 Å². The van der Waals surface area contributed by atoms with E-state index < -0.39 is 12.2 Å². The average Bonchev–Trinajstić information content (AvgIpc) is 3.16. The SMILES string of the molecule is CCc1cc(NC(=O)CCN2CCC(OC(=O)Nc3ccccc3-c3ccccc3)CC2)c(CC)cc1CNC[C@@H](O)c1ccc(O)c(NC=O)c1. The number of para-hydroxylation sites is 1. The highest BCUT2D eigenvalue weighted by Gasteiger charge is 2.23. The van der Waals surface area contributed by atoms with Gasteiger partial charge in [0.1, 0.15) is 11.9 Å². The number of rotatable bonds is 16. The second-order valence-corrected chi connectivity index (χ2v) is 13.0. The first-order valence-corrected chi connectivity index (χ1v) is 18.0. The summed E-state index contributed by atoms with van der Waals surface area (Å²) >= 11 is 0. The van der Waals surface area contributed by atoms with Crippen molar-refractivity contribution in [1.29, 1.82) is 0 Å². The highest BCUT2D eigenvalue weighted by Crippen LogP contribution is 2.29. The Morgan fingerprint density at radius 2 is 1.60 bits per heavy atom. The van der Waals surface area contributed by atoms with Gasteiger partial charge in [0.05, 0.1) is 17.5 Å². The number of likely N-dealkylation sites (tertiary alicyclic amines) is 1. The number of anilines is 3. The molecule has 4 aromatic carbocycles. The summed E-state index contributed by atoms with van der Waals surface area (Å²) in [6.07, 6.45) is 2.28. The molecule has 0 spiro atoms. The molecule has 1 heterocycles. The molecular formula is C41H49N5O6. The molecule has 1 saturated heterocycles. The number of carbonyl (C=O) groups excluding carboxylic acids is 3. The molecule has 1 fully saturated rings. The van der Waals surface area contributed by atoms with Crippen molar-refractivity contribution in [3.05, 3.63) is 107 Å². The highest BCUT2D eigenvalue weighted by molar-refractivity contribution is 5.92. The Kier molecular flexibility index (Phi) is 13.8. The molecule has 11 heteroatoms. The van der Waals surface area contributed by atoms with Gasteiger partial charge in [0.25, 0.3) is 0 Å². The zero-order chi connectivity index (χ0) is 36.9. The Morgan fingerprint density at radius 3 is 2.33 bits per heavy atom. The molecule has 1 aliphatic rings. The summed E-state index contributed by atoms with van der Waals surface area (Å²) in [6.45, 7) is 7.04. The Bertz CT molecular complexity index is 1810. The molecule has 0 radical (unpaired) electrons. The van der Waals surface area contributed by atoms with E-state index in [0.29, 0.717) is 50.0 Å². The van der Waals surface area contributed by atoms with Crippen molar-refractivity contribution in [2.24, 2.45) is 0 Å². The van der Waals surface area contributed by atoms with Crippen LogP contribution in [0, 0.1) is 0 Å². The van der Waals surface area contributed by atoms with Gasteiger partial charge in [0.15, 0.2) is 0 Å². The standard InChI is InChI=1S/C41H49N5O6/c1-3-28-23-36(29(4-2)22-32(28)25-42-26-39(49)31-14-15-38(48)37(24-31)43-27-47)44-40(50)18-21-46-19-16-33(17-20-46)52-41(51)45-35-13-9-8-12-34(35)30-10-6-5-7-11-30/h5-15,22-24,27,33,39,42,48-49H,3-4,16-21,25-26H2,1-2H3,(H,43,47)(H,44,50)(H,45,51)/t39-/m1/s1. The number of aromatic hydroxyl groups is 1. The van der Waals surface area contributed by atoms with E-state index in [9.17, 15) is 24.6 Å². The first kappa shape index (κ1) is 38.0. The number of ether oxygens (including phenoxy) is 1. The van der Waals surface area contributed by atoms with Crippen molar-refractivity contribution >= 4 is 35.5 Å². The number of nitrogens with one attached hydrogen (secondary N) is 4. The Hall–Kier alpha value is -5.23. The number of aliphatic hydroxyl groups excluding tert-OH is 1. The van der Waals surface area contributed by atoms with Crippen molar-refractivity contribution in [3.8, 4) is 16.9 Å². The Labute approximate surface area is 305 Å². The molecule has 6 N–H and O–H groups in total. The topological polar surface area (TPSA) is 152 Å². The normalized spacial score (nSPS) is 14.0. The van der Waals surface area contributed by atoms with Crippen LogP contribution in [-0.2, 0) is 33.7 Å². The first-order valence-electron chi connectivity index (χ1n) is 18.0. The molecule has 1 atom stereocenters. The van der Waals surface area contributed by atoms with Crippen molar-refractivity contribution in [3.63, 3.8) is 0 Å². The van der Waals surface area contributed by atoms with Crippen LogP contribution >= 0.6 is 0 Å². The van der Waals surface area contributed by atoms with E-state index in [1.165, 1.54) is 6.07 Å². The van der Waals surface area contributed by atoms with Gasteiger partial charge in [-0.05, 0) is 77.8 Å². The summed E-state index contributed by atoms with van der Waals surface area (Å²) < 4.78 is 5.77. The smallest absolute Gasteiger partial charge is 0.411 e. The van der Waals surface area contributed by atoms with E-state index in [2.05, 4.69) is 46.1 Å². The zero-order valence-electron chi connectivity index (χ0n) is 29.9. The zero-order valence-corrected chi connectivity index (χ0v) is 29.9. The highest BCUT2D eigenvalue weighted by atomic mass is 16.6. The Morgan fingerprint density at radius 1 is 0.865 bits per heavy atom. The third-order valence-corrected chi connectivity index (χ3v) is 9.45. The minimum atomic E-state index is -0.840. The molecule has 4 aromatic rings. The molecule has 52 heavy (non-hydrogen) atoms. The molecule has 3 amide bonds. The van der Waals surface area contributed by atoms with Crippen LogP contribution in [0.3, 0.4) is 0 Å². The van der Waals surface area contributed by atoms with Crippen LogP contribution in [0.15, 0.2) is 84.9 Å². The van der Waals surface area contributed by atoms with Gasteiger partial charge in [-0.1, -0.05) is 74.5 Å². The lowest BCUT2D eigenvalue weighted by molar-refractivity contribution is -0.116. The van der Waals surface area contributed by atoms with E-state index in [1.54, 1.807) is 12.1 Å². The van der Waals surface area contributed by atoms with Crippen molar-refractivity contribution in [2.75, 3.05) is 42.1 Å². The maximum atomic E-state index is 13.1. The van der Waals surface area contributed by atoms with Crippen LogP contribution in [0.25, 0.3) is 11.1 Å². The van der Waals surface area contributed by atoms with Crippen molar-refractivity contribution in [1.82, 2.24) is 10.2 Å². The van der Waals surface area contributed by atoms with Gasteiger partial charge < -0.3 is 35.8 Å². The van der Waals surface area contributed by atoms with Crippen LogP contribution < -0.4 is 21.3 Å². The number of nitrogens with zero attached hydrogens (tertiary/aromatic N) is 1. The number of phenolic OH excluding ortho intramolecular Hbond substituents is 1. The van der Waals surface area contributed by atoms with E-state index in [4.69, 9.17) is 4.74 Å². The molecule has 0 bridgehead atoms. The monoisotopic (exact) mass is 707 g/mol. The number of amides is 3. The predicted molar refractivity (Wildman–Crippen MR) is 204 cm³/mol. The number of hydrogen-bond donors (Lipinski definition) is 6. The van der Waals surface area contributed by atoms with Crippen LogP contribution in [0.2, 0.25) is 0 Å². The molecule has 1 aliphatic heterocycles. The summed E-state index contributed by atoms with van der Waals surface area (Å²) in [6, 6.07) is 26.4. The lowest BCUT2D eigenvalue weighted by Crippen LogP contribution is -2.39. The number of aryl methyl sites for hydroxylation is 2. The fraction of sp³-hybridized carbons (Fsp3) is 0.341. The fourth-order valence-electron chi connectivity index (χ4n) is 6.52. The number of hydrogen-bond acceptors (Lipinski definition) is 8. The minimum Gasteiger partial charge on any atom is -0.506 e. The predicted octanol–water partition coefficient (Wildman–Crippen LogP) is 6.62. The lowest BCUT2D eigenvalue weighted by Gasteiger charge is -2.31. The number of phenols is 1. The summed E-state index contributed by atoms with van der Waals surface area (Å²) in [5.41, 5.74) is 7.52. The van der Waals surface area contributed by atoms with Gasteiger partial charge in [-0.25, -0.2) is 4.79 Å². The molecule has 0 saturated carbocycles. The van der Waals surface area contributed by atoms with Crippen LogP contribution in [-0.4, -0.2) is 65.8 Å². The summed E-state index contributed by atoms with van der Waals surface area (Å²) in [4.78, 5) is 38.9. The maximum Gasteiger partial charge on any atom is 0.411 e. The molecule has 274 valence electrons. The molecule has 0 aliphatic carbocycles. The van der Waals surface area contributed by atoms with Crippen molar-refractivity contribution < 1.29 is 29.3 Å². The summed E-state index contributed by atoms with van der Waals surface area (Å²) in [5, 5.41) is 32.4. The fourth-order valence-corrected chi connectivity index (χ4v) is 6.52. The van der Waals surface area contributed by atoms with Gasteiger partial charge in [0.2, 0.25) is 12.3 Å². The van der Waals surface area contributed by atoms with Crippen molar-refractivity contribution in [2.45, 2.75) is 64.7 Å². The number of benzene rings is 4. The second kappa shape index (κ2) is 18.8. The second-order valence-electron chi connectivity index (χ2n) is 13.0. The van der Waals surface area contributed by atoms with E-state index in [-0.39, 0.29) is 30.0 Å². The molecule has 0 unspecified atom stereocenters. The number of aliphatic hydroxyl groups is 1. The molecular weight excluding hydrogens is 658 g/mol. The summed E-state index contributed by atoms with van der Waals surface area (Å²) in [7, 11) is 0. The third kappa shape index (κ3) is 10.4. The van der Waals surface area contributed by atoms with Crippen LogP contribution in [0.5, 0.6) is 5.75 Å². The van der Waals surface area contributed by atoms with Gasteiger partial charge in [-0.2, -0.15) is 0 Å². The molecule has 11 nitrogen and oxygen atoms in total. The van der Waals surface area contributed by atoms with Crippen LogP contribution in [0.4, 0.5) is 21.9 Å². The van der Waals surface area contributed by atoms with E-state index in [0.717, 1.165) is 59.4 Å². The third-order valence-electron chi connectivity index (χ3n) is 9.45. The van der Waals surface area contributed by atoms with E-state index >= 15 is 0 Å². The maximum absolute atomic E-state index is 13.1. The van der Waals surface area contributed by atoms with Gasteiger partial charge in [0, 0.05) is 50.4 Å². The first-order chi connectivity index (χ1) is 25.3. The van der Waals surface area contributed by atoms with E-state index in [1.807, 2.05) is 60.7 Å². The number of carbonyl (C=O) groups is 3. The Balaban J connectivity index is 1.06. The summed E-state index contributed by atoms with van der Waals surface area (Å²) in [5.74, 6) is -0.115. The average molecular weight is 708 g/mol. The largest absolute Gasteiger partial charge is 0.506 e.